The highest BCUT2D eigenvalue weighted by Crippen LogP contribution is 2.15. The first kappa shape index (κ1) is 14.2. The van der Waals surface area contributed by atoms with Crippen LogP contribution in [0.15, 0.2) is 18.5 Å². The summed E-state index contributed by atoms with van der Waals surface area (Å²) in [6.45, 7) is 7.13. The molecule has 1 aliphatic heterocycles. The summed E-state index contributed by atoms with van der Waals surface area (Å²) in [6.07, 6.45) is 4.81. The largest absolute Gasteiger partial charge is 0.372 e. The quantitative estimate of drug-likeness (QED) is 0.794. The Kier molecular flexibility index (Phi) is 3.49. The lowest BCUT2D eigenvalue weighted by molar-refractivity contribution is 0.0807. The first-order chi connectivity index (χ1) is 11.2. The maximum atomic E-state index is 5.42. The van der Waals surface area contributed by atoms with Gasteiger partial charge in [-0.3, -0.25) is 0 Å². The van der Waals surface area contributed by atoms with Gasteiger partial charge in [0.2, 0.25) is 0 Å². The molecule has 1 aliphatic rings. The van der Waals surface area contributed by atoms with Gasteiger partial charge >= 0.3 is 0 Å². The standard InChI is InChI=1S/C16H20N6O/c1-11-7-14(20-22-9-12(2)19-16(11)22)17-4-3-13-8-18-15-10-23-6-5-21(13)15/h7-9H,3-6,10H2,1-2H3,(H,17,20). The smallest absolute Gasteiger partial charge is 0.156 e. The summed E-state index contributed by atoms with van der Waals surface area (Å²) in [4.78, 5) is 8.89. The minimum absolute atomic E-state index is 0.616. The number of fused-ring (bicyclic) bond motifs is 2. The van der Waals surface area contributed by atoms with E-state index in [0.717, 1.165) is 54.7 Å². The monoisotopic (exact) mass is 312 g/mol. The Morgan fingerprint density at radius 2 is 2.26 bits per heavy atom. The normalized spacial score (nSPS) is 14.2. The third-order valence-electron chi connectivity index (χ3n) is 4.13. The highest BCUT2D eigenvalue weighted by Gasteiger charge is 2.14. The van der Waals surface area contributed by atoms with E-state index in [2.05, 4.69) is 31.9 Å². The number of imidazole rings is 2. The van der Waals surface area contributed by atoms with Gasteiger partial charge in [0.25, 0.3) is 0 Å². The minimum atomic E-state index is 0.616. The SMILES string of the molecule is Cc1cn2nc(NCCc3cnc4n3CCOC4)cc(C)c2n1. The average molecular weight is 312 g/mol. The fourth-order valence-electron chi connectivity index (χ4n) is 3.01. The number of nitrogens with zero attached hydrogens (tertiary/aromatic N) is 5. The molecule has 0 fully saturated rings. The van der Waals surface area contributed by atoms with E-state index in [0.29, 0.717) is 6.61 Å². The van der Waals surface area contributed by atoms with Crippen LogP contribution in [0.2, 0.25) is 0 Å². The minimum Gasteiger partial charge on any atom is -0.372 e. The van der Waals surface area contributed by atoms with Crippen LogP contribution < -0.4 is 5.32 Å². The zero-order valence-electron chi connectivity index (χ0n) is 13.4. The van der Waals surface area contributed by atoms with Crippen LogP contribution in [-0.2, 0) is 24.3 Å². The van der Waals surface area contributed by atoms with Gasteiger partial charge in [0.05, 0.1) is 18.5 Å². The second-order valence-electron chi connectivity index (χ2n) is 5.91. The molecule has 3 aromatic heterocycles. The van der Waals surface area contributed by atoms with Gasteiger partial charge in [-0.05, 0) is 25.5 Å². The molecule has 1 N–H and O–H groups in total. The summed E-state index contributed by atoms with van der Waals surface area (Å²) in [5.41, 5.74) is 4.25. The first-order valence-corrected chi connectivity index (χ1v) is 7.89. The van der Waals surface area contributed by atoms with Crippen LogP contribution in [0.3, 0.4) is 0 Å². The van der Waals surface area contributed by atoms with Crippen molar-refractivity contribution < 1.29 is 4.74 Å². The van der Waals surface area contributed by atoms with Gasteiger partial charge in [0.15, 0.2) is 5.65 Å². The van der Waals surface area contributed by atoms with Gasteiger partial charge in [0, 0.05) is 31.4 Å². The molecule has 23 heavy (non-hydrogen) atoms. The molecule has 3 aromatic rings. The van der Waals surface area contributed by atoms with Crippen molar-refractivity contribution in [3.05, 3.63) is 41.2 Å². The number of ether oxygens (including phenoxy) is 1. The van der Waals surface area contributed by atoms with E-state index < -0.39 is 0 Å². The number of hydrogen-bond donors (Lipinski definition) is 1. The molecule has 120 valence electrons. The number of aryl methyl sites for hydroxylation is 2. The molecular weight excluding hydrogens is 292 g/mol. The molecule has 7 heteroatoms. The second kappa shape index (κ2) is 5.66. The molecule has 0 aliphatic carbocycles. The predicted molar refractivity (Wildman–Crippen MR) is 86.5 cm³/mol. The molecule has 0 aromatic carbocycles. The van der Waals surface area contributed by atoms with Crippen molar-refractivity contribution in [1.82, 2.24) is 24.1 Å². The predicted octanol–water partition coefficient (Wildman–Crippen LogP) is 1.73. The van der Waals surface area contributed by atoms with Crippen molar-refractivity contribution in [2.24, 2.45) is 0 Å². The molecule has 4 rings (SSSR count). The Labute approximate surface area is 134 Å². The Balaban J connectivity index is 1.46. The lowest BCUT2D eigenvalue weighted by Crippen LogP contribution is -2.19. The van der Waals surface area contributed by atoms with E-state index in [-0.39, 0.29) is 0 Å². The van der Waals surface area contributed by atoms with Crippen molar-refractivity contribution in [1.29, 1.82) is 0 Å². The number of nitrogens with one attached hydrogen (secondary N) is 1. The Morgan fingerprint density at radius 1 is 1.35 bits per heavy atom. The summed E-state index contributed by atoms with van der Waals surface area (Å²) in [5, 5.41) is 7.96. The van der Waals surface area contributed by atoms with Gasteiger partial charge in [-0.2, -0.15) is 0 Å². The van der Waals surface area contributed by atoms with Crippen LogP contribution in [-0.4, -0.2) is 37.3 Å². The lowest BCUT2D eigenvalue weighted by atomic mass is 10.3. The van der Waals surface area contributed by atoms with E-state index >= 15 is 0 Å². The highest BCUT2D eigenvalue weighted by molar-refractivity contribution is 5.52. The molecule has 0 radical (unpaired) electrons. The Morgan fingerprint density at radius 3 is 3.17 bits per heavy atom. The zero-order valence-corrected chi connectivity index (χ0v) is 13.4. The summed E-state index contributed by atoms with van der Waals surface area (Å²) >= 11 is 0. The van der Waals surface area contributed by atoms with Gasteiger partial charge in [-0.1, -0.05) is 0 Å². The molecule has 4 heterocycles. The Hall–Kier alpha value is -2.41. The van der Waals surface area contributed by atoms with Crippen molar-refractivity contribution in [3.8, 4) is 0 Å². The highest BCUT2D eigenvalue weighted by atomic mass is 16.5. The van der Waals surface area contributed by atoms with Crippen molar-refractivity contribution in [2.75, 3.05) is 18.5 Å². The van der Waals surface area contributed by atoms with Gasteiger partial charge in [-0.15, -0.1) is 5.10 Å². The van der Waals surface area contributed by atoms with E-state index in [4.69, 9.17) is 4.74 Å². The fraction of sp³-hybridized carbons (Fsp3) is 0.438. The van der Waals surface area contributed by atoms with Crippen LogP contribution in [0.25, 0.3) is 5.65 Å². The zero-order chi connectivity index (χ0) is 15.8. The number of aromatic nitrogens is 5. The van der Waals surface area contributed by atoms with Crippen LogP contribution in [0.5, 0.6) is 0 Å². The van der Waals surface area contributed by atoms with E-state index in [1.54, 1.807) is 0 Å². The second-order valence-corrected chi connectivity index (χ2v) is 5.91. The van der Waals surface area contributed by atoms with Crippen LogP contribution >= 0.6 is 0 Å². The van der Waals surface area contributed by atoms with E-state index in [1.165, 1.54) is 5.69 Å². The van der Waals surface area contributed by atoms with Gasteiger partial charge < -0.3 is 14.6 Å². The molecule has 0 atom stereocenters. The molecule has 0 spiro atoms. The van der Waals surface area contributed by atoms with Gasteiger partial charge in [0.1, 0.15) is 18.2 Å². The molecular formula is C16H20N6O. The molecule has 0 amide bonds. The lowest BCUT2D eigenvalue weighted by Gasteiger charge is -2.17. The molecule has 0 saturated carbocycles. The molecule has 0 saturated heterocycles. The third kappa shape index (κ3) is 2.68. The maximum Gasteiger partial charge on any atom is 0.156 e. The summed E-state index contributed by atoms with van der Waals surface area (Å²) in [7, 11) is 0. The summed E-state index contributed by atoms with van der Waals surface area (Å²) in [6, 6.07) is 2.04. The third-order valence-corrected chi connectivity index (χ3v) is 4.13. The van der Waals surface area contributed by atoms with Crippen LogP contribution in [0.4, 0.5) is 5.82 Å². The summed E-state index contributed by atoms with van der Waals surface area (Å²) in [5.74, 6) is 1.89. The van der Waals surface area contributed by atoms with Crippen molar-refractivity contribution in [3.63, 3.8) is 0 Å². The van der Waals surface area contributed by atoms with Crippen LogP contribution in [0.1, 0.15) is 22.8 Å². The fourth-order valence-corrected chi connectivity index (χ4v) is 3.01. The molecule has 0 bridgehead atoms. The van der Waals surface area contributed by atoms with Crippen LogP contribution in [0, 0.1) is 13.8 Å². The number of hydrogen-bond acceptors (Lipinski definition) is 5. The summed E-state index contributed by atoms with van der Waals surface area (Å²) < 4.78 is 9.52. The molecule has 0 unspecified atom stereocenters. The van der Waals surface area contributed by atoms with Gasteiger partial charge in [-0.25, -0.2) is 14.5 Å². The number of anilines is 1. The molecule has 7 nitrogen and oxygen atoms in total. The topological polar surface area (TPSA) is 69.3 Å². The van der Waals surface area contributed by atoms with E-state index in [1.807, 2.05) is 29.9 Å². The van der Waals surface area contributed by atoms with Crippen molar-refractivity contribution in [2.45, 2.75) is 33.4 Å². The maximum absolute atomic E-state index is 5.42. The average Bonchev–Trinajstić information content (AvgIpc) is 3.11. The number of rotatable bonds is 4. The van der Waals surface area contributed by atoms with E-state index in [9.17, 15) is 0 Å². The Bertz CT molecular complexity index is 850. The first-order valence-electron chi connectivity index (χ1n) is 7.89. The van der Waals surface area contributed by atoms with Crippen molar-refractivity contribution >= 4 is 11.5 Å².